The number of likely N-dealkylation sites (tertiary alicyclic amines) is 1. The monoisotopic (exact) mass is 285 g/mol. The van der Waals surface area contributed by atoms with Gasteiger partial charge in [-0.3, -0.25) is 4.79 Å². The van der Waals surface area contributed by atoms with E-state index in [-0.39, 0.29) is 12.0 Å². The first-order chi connectivity index (χ1) is 10.3. The number of rotatable bonds is 2. The summed E-state index contributed by atoms with van der Waals surface area (Å²) < 4.78 is 5.62. The predicted octanol–water partition coefficient (Wildman–Crippen LogP) is 2.96. The molecule has 3 fully saturated rings. The van der Waals surface area contributed by atoms with E-state index < -0.39 is 0 Å². The van der Waals surface area contributed by atoms with Crippen molar-refractivity contribution >= 4 is 5.91 Å². The average Bonchev–Trinajstić information content (AvgIpc) is 2.46. The van der Waals surface area contributed by atoms with Crippen molar-refractivity contribution in [3.8, 4) is 0 Å². The van der Waals surface area contributed by atoms with E-state index in [1.165, 1.54) is 18.4 Å². The van der Waals surface area contributed by atoms with Crippen LogP contribution in [0.3, 0.4) is 0 Å². The number of carbonyl (C=O) groups excluding carboxylic acids is 1. The van der Waals surface area contributed by atoms with Crippen LogP contribution in [0.5, 0.6) is 0 Å². The molecule has 1 spiro atoms. The van der Waals surface area contributed by atoms with E-state index in [1.54, 1.807) is 0 Å². The zero-order valence-corrected chi connectivity index (χ0v) is 12.5. The molecule has 2 aliphatic heterocycles. The third-order valence-corrected chi connectivity index (χ3v) is 5.45. The maximum atomic E-state index is 12.4. The van der Waals surface area contributed by atoms with Crippen LogP contribution >= 0.6 is 0 Å². The van der Waals surface area contributed by atoms with Crippen LogP contribution in [-0.4, -0.2) is 36.6 Å². The maximum Gasteiger partial charge on any atom is 0.251 e. The number of benzene rings is 1. The first-order valence-corrected chi connectivity index (χ1v) is 8.21. The van der Waals surface area contributed by atoms with Gasteiger partial charge in [0, 0.05) is 25.1 Å². The molecule has 112 valence electrons. The van der Waals surface area contributed by atoms with Gasteiger partial charge in [0.15, 0.2) is 0 Å². The van der Waals surface area contributed by atoms with Gasteiger partial charge in [0.1, 0.15) is 6.10 Å². The second-order valence-corrected chi connectivity index (χ2v) is 7.07. The third kappa shape index (κ3) is 2.38. The molecule has 1 aromatic rings. The Bertz CT molecular complexity index is 507. The Labute approximate surface area is 126 Å². The number of amides is 1. The number of hydrogen-bond acceptors (Lipinski definition) is 2. The highest BCUT2D eigenvalue weighted by Crippen LogP contribution is 2.56. The zero-order valence-electron chi connectivity index (χ0n) is 12.5. The molecule has 0 bridgehead atoms. The molecule has 21 heavy (non-hydrogen) atoms. The van der Waals surface area contributed by atoms with Crippen molar-refractivity contribution in [1.29, 1.82) is 0 Å². The van der Waals surface area contributed by atoms with Crippen molar-refractivity contribution in [1.82, 2.24) is 4.90 Å². The van der Waals surface area contributed by atoms with Crippen molar-refractivity contribution in [3.63, 3.8) is 0 Å². The third-order valence-electron chi connectivity index (χ3n) is 5.45. The Balaban J connectivity index is 1.29. The molecule has 3 heteroatoms. The largest absolute Gasteiger partial charge is 0.368 e. The van der Waals surface area contributed by atoms with Gasteiger partial charge in [0.25, 0.3) is 5.91 Å². The molecular formula is C18H23NO2. The van der Waals surface area contributed by atoms with Crippen molar-refractivity contribution < 1.29 is 9.53 Å². The minimum absolute atomic E-state index is 0.152. The summed E-state index contributed by atoms with van der Waals surface area (Å²) in [5, 5.41) is 0. The number of hydrogen-bond donors (Lipinski definition) is 0. The fourth-order valence-corrected chi connectivity index (χ4v) is 4.26. The van der Waals surface area contributed by atoms with Gasteiger partial charge in [-0.15, -0.1) is 0 Å². The van der Waals surface area contributed by atoms with Gasteiger partial charge in [-0.2, -0.15) is 0 Å². The Morgan fingerprint density at radius 1 is 1.14 bits per heavy atom. The quantitative estimate of drug-likeness (QED) is 0.836. The summed E-state index contributed by atoms with van der Waals surface area (Å²) in [7, 11) is 0. The van der Waals surface area contributed by atoms with Crippen molar-refractivity contribution in [2.75, 3.05) is 19.7 Å². The van der Waals surface area contributed by atoms with Crippen molar-refractivity contribution in [2.45, 2.75) is 44.1 Å². The number of ether oxygens (including phenoxy) is 1. The Hall–Kier alpha value is -1.35. The van der Waals surface area contributed by atoms with Crippen LogP contribution in [0, 0.1) is 5.41 Å². The van der Waals surface area contributed by atoms with Crippen LogP contribution in [0.2, 0.25) is 0 Å². The number of nitrogens with zero attached hydrogens (tertiary/aromatic N) is 1. The standard InChI is InChI=1S/C18H23NO2/c20-17(16-8-4-5-9-21-16)19-12-18(13-19)10-15(11-18)14-6-2-1-3-7-14/h1-3,6-7,15-16H,4-5,8-13H2. The lowest BCUT2D eigenvalue weighted by atomic mass is 9.56. The van der Waals surface area contributed by atoms with E-state index in [2.05, 4.69) is 30.3 Å². The summed E-state index contributed by atoms with van der Waals surface area (Å²) in [5.74, 6) is 0.942. The lowest BCUT2D eigenvalue weighted by molar-refractivity contribution is -0.166. The lowest BCUT2D eigenvalue weighted by Gasteiger charge is -2.59. The fourth-order valence-electron chi connectivity index (χ4n) is 4.26. The highest BCUT2D eigenvalue weighted by atomic mass is 16.5. The van der Waals surface area contributed by atoms with Crippen LogP contribution in [0.1, 0.15) is 43.6 Å². The first-order valence-electron chi connectivity index (χ1n) is 8.21. The van der Waals surface area contributed by atoms with E-state index in [1.807, 2.05) is 4.90 Å². The summed E-state index contributed by atoms with van der Waals surface area (Å²) in [6.07, 6.45) is 5.48. The van der Waals surface area contributed by atoms with Gasteiger partial charge in [-0.05, 0) is 43.6 Å². The van der Waals surface area contributed by atoms with Gasteiger partial charge in [-0.25, -0.2) is 0 Å². The van der Waals surface area contributed by atoms with Crippen LogP contribution < -0.4 is 0 Å². The fraction of sp³-hybridized carbons (Fsp3) is 0.611. The molecule has 4 rings (SSSR count). The van der Waals surface area contributed by atoms with Crippen LogP contribution in [0.4, 0.5) is 0 Å². The zero-order chi connectivity index (χ0) is 14.3. The average molecular weight is 285 g/mol. The van der Waals surface area contributed by atoms with Gasteiger partial charge in [0.05, 0.1) is 0 Å². The molecule has 1 unspecified atom stereocenters. The van der Waals surface area contributed by atoms with Gasteiger partial charge in [0.2, 0.25) is 0 Å². The van der Waals surface area contributed by atoms with E-state index in [4.69, 9.17) is 4.74 Å². The van der Waals surface area contributed by atoms with Crippen molar-refractivity contribution in [2.24, 2.45) is 5.41 Å². The molecule has 1 amide bonds. The molecule has 1 aromatic carbocycles. The molecule has 0 N–H and O–H groups in total. The van der Waals surface area contributed by atoms with Crippen LogP contribution in [0.25, 0.3) is 0 Å². The second-order valence-electron chi connectivity index (χ2n) is 7.07. The molecule has 0 radical (unpaired) electrons. The predicted molar refractivity (Wildman–Crippen MR) is 81.0 cm³/mol. The summed E-state index contributed by atoms with van der Waals surface area (Å²) in [4.78, 5) is 14.4. The highest BCUT2D eigenvalue weighted by molar-refractivity contribution is 5.82. The first kappa shape index (κ1) is 13.3. The summed E-state index contributed by atoms with van der Waals surface area (Å²) in [6, 6.07) is 10.8. The molecule has 3 aliphatic rings. The topological polar surface area (TPSA) is 29.5 Å². The summed E-state index contributed by atoms with van der Waals surface area (Å²) in [6.45, 7) is 2.66. The minimum atomic E-state index is -0.152. The molecule has 2 heterocycles. The normalized spacial score (nSPS) is 28.0. The molecule has 1 saturated carbocycles. The van der Waals surface area contributed by atoms with E-state index in [0.717, 1.165) is 39.0 Å². The lowest BCUT2D eigenvalue weighted by Crippen LogP contribution is -2.65. The van der Waals surface area contributed by atoms with Crippen LogP contribution in [-0.2, 0) is 9.53 Å². The van der Waals surface area contributed by atoms with Crippen LogP contribution in [0.15, 0.2) is 30.3 Å². The van der Waals surface area contributed by atoms with Gasteiger partial charge >= 0.3 is 0 Å². The molecule has 2 saturated heterocycles. The maximum absolute atomic E-state index is 12.4. The Morgan fingerprint density at radius 3 is 2.57 bits per heavy atom. The molecule has 0 aromatic heterocycles. The molecule has 3 nitrogen and oxygen atoms in total. The Morgan fingerprint density at radius 2 is 1.90 bits per heavy atom. The van der Waals surface area contributed by atoms with E-state index in [9.17, 15) is 4.79 Å². The smallest absolute Gasteiger partial charge is 0.251 e. The van der Waals surface area contributed by atoms with Gasteiger partial charge < -0.3 is 9.64 Å². The minimum Gasteiger partial charge on any atom is -0.368 e. The Kier molecular flexibility index (Phi) is 3.26. The molecular weight excluding hydrogens is 262 g/mol. The van der Waals surface area contributed by atoms with E-state index >= 15 is 0 Å². The number of carbonyl (C=O) groups is 1. The summed E-state index contributed by atoms with van der Waals surface area (Å²) in [5.41, 5.74) is 1.88. The molecule has 1 atom stereocenters. The SMILES string of the molecule is O=C(C1CCCCO1)N1CC2(CC(c3ccccc3)C2)C1. The second kappa shape index (κ2) is 5.13. The summed E-state index contributed by atoms with van der Waals surface area (Å²) >= 11 is 0. The van der Waals surface area contributed by atoms with Gasteiger partial charge in [-0.1, -0.05) is 30.3 Å². The van der Waals surface area contributed by atoms with E-state index in [0.29, 0.717) is 11.3 Å². The van der Waals surface area contributed by atoms with Crippen molar-refractivity contribution in [3.05, 3.63) is 35.9 Å². The highest BCUT2D eigenvalue weighted by Gasteiger charge is 2.54. The molecule has 1 aliphatic carbocycles.